The largest absolute Gasteiger partial charge is 0.368 e. The van der Waals surface area contributed by atoms with Gasteiger partial charge in [-0.05, 0) is 55.8 Å². The van der Waals surface area contributed by atoms with Crippen LogP contribution < -0.4 is 10.6 Å². The summed E-state index contributed by atoms with van der Waals surface area (Å²) in [6, 6.07) is 22.5. The molecule has 0 spiro atoms. The lowest BCUT2D eigenvalue weighted by Gasteiger charge is -2.31. The molecular formula is C24H24ClN3O. The first kappa shape index (κ1) is 19.3. The molecule has 1 heterocycles. The van der Waals surface area contributed by atoms with Crippen molar-refractivity contribution in [1.29, 1.82) is 0 Å². The number of carbonyl (C=O) groups is 1. The molecule has 4 aromatic rings. The van der Waals surface area contributed by atoms with Crippen LogP contribution in [-0.2, 0) is 11.3 Å². The molecule has 0 saturated heterocycles. The lowest BCUT2D eigenvalue weighted by molar-refractivity contribution is -0.116. The average Bonchev–Trinajstić information content (AvgIpc) is 3.05. The minimum Gasteiger partial charge on any atom is -0.368 e. The van der Waals surface area contributed by atoms with Crippen LogP contribution in [-0.4, -0.2) is 17.0 Å². The predicted octanol–water partition coefficient (Wildman–Crippen LogP) is 5.52. The van der Waals surface area contributed by atoms with Crippen molar-refractivity contribution in [2.24, 2.45) is 5.73 Å². The Bertz CT molecular complexity index is 1180. The maximum Gasteiger partial charge on any atom is 0.236 e. The van der Waals surface area contributed by atoms with Gasteiger partial charge in [-0.25, -0.2) is 0 Å². The predicted molar refractivity (Wildman–Crippen MR) is 122 cm³/mol. The van der Waals surface area contributed by atoms with Crippen LogP contribution >= 0.6 is 11.6 Å². The highest BCUT2D eigenvalue weighted by Crippen LogP contribution is 2.34. The highest BCUT2D eigenvalue weighted by molar-refractivity contribution is 6.30. The molecule has 3 aromatic carbocycles. The fraction of sp³-hybridized carbons (Fsp3) is 0.208. The number of hydrogen-bond donors (Lipinski definition) is 1. The van der Waals surface area contributed by atoms with Gasteiger partial charge in [0.25, 0.3) is 0 Å². The molecule has 0 aliphatic carbocycles. The molecular weight excluding hydrogens is 382 g/mol. The van der Waals surface area contributed by atoms with Gasteiger partial charge < -0.3 is 15.2 Å². The van der Waals surface area contributed by atoms with Crippen molar-refractivity contribution in [2.45, 2.75) is 26.4 Å². The zero-order chi connectivity index (χ0) is 20.5. The fourth-order valence-corrected chi connectivity index (χ4v) is 4.23. The third-order valence-electron chi connectivity index (χ3n) is 5.55. The number of benzene rings is 3. The smallest absolute Gasteiger partial charge is 0.236 e. The van der Waals surface area contributed by atoms with Crippen molar-refractivity contribution >= 4 is 45.0 Å². The van der Waals surface area contributed by atoms with E-state index >= 15 is 0 Å². The number of aromatic nitrogens is 1. The van der Waals surface area contributed by atoms with Gasteiger partial charge in [-0.2, -0.15) is 0 Å². The molecule has 2 N–H and O–H groups in total. The highest BCUT2D eigenvalue weighted by Gasteiger charge is 2.20. The van der Waals surface area contributed by atoms with Gasteiger partial charge in [-0.3, -0.25) is 4.79 Å². The molecule has 148 valence electrons. The van der Waals surface area contributed by atoms with Crippen molar-refractivity contribution in [1.82, 2.24) is 4.57 Å². The van der Waals surface area contributed by atoms with E-state index in [0.29, 0.717) is 5.02 Å². The molecule has 0 aliphatic heterocycles. The van der Waals surface area contributed by atoms with Gasteiger partial charge in [-0.1, -0.05) is 41.9 Å². The summed E-state index contributed by atoms with van der Waals surface area (Å²) in [5, 5.41) is 3.08. The minimum atomic E-state index is -0.359. The van der Waals surface area contributed by atoms with Crippen LogP contribution in [0.25, 0.3) is 21.8 Å². The number of para-hydroxylation sites is 1. The summed E-state index contributed by atoms with van der Waals surface area (Å²) in [6.45, 7) is 5.27. The Labute approximate surface area is 175 Å². The third kappa shape index (κ3) is 3.56. The van der Waals surface area contributed by atoms with Crippen LogP contribution in [0.1, 0.15) is 25.5 Å². The van der Waals surface area contributed by atoms with Gasteiger partial charge in [0.1, 0.15) is 0 Å². The van der Waals surface area contributed by atoms with Gasteiger partial charge in [0, 0.05) is 39.1 Å². The quantitative estimate of drug-likeness (QED) is 0.459. The number of amides is 1. The van der Waals surface area contributed by atoms with E-state index in [4.69, 9.17) is 17.3 Å². The molecule has 1 aromatic heterocycles. The summed E-state index contributed by atoms with van der Waals surface area (Å²) in [6.07, 6.45) is 0. The van der Waals surface area contributed by atoms with Crippen molar-refractivity contribution in [3.05, 3.63) is 77.3 Å². The van der Waals surface area contributed by atoms with E-state index in [2.05, 4.69) is 60.9 Å². The first-order chi connectivity index (χ1) is 14.0. The maximum absolute atomic E-state index is 11.9. The zero-order valence-corrected chi connectivity index (χ0v) is 17.4. The molecule has 0 unspecified atom stereocenters. The number of nitrogens with two attached hydrogens (primary N) is 1. The Hall–Kier alpha value is -2.98. The summed E-state index contributed by atoms with van der Waals surface area (Å²) in [7, 11) is 0. The topological polar surface area (TPSA) is 51.3 Å². The van der Waals surface area contributed by atoms with Gasteiger partial charge >= 0.3 is 0 Å². The number of aryl methyl sites for hydroxylation is 1. The fourth-order valence-electron chi connectivity index (χ4n) is 4.10. The van der Waals surface area contributed by atoms with E-state index in [1.165, 1.54) is 21.8 Å². The summed E-state index contributed by atoms with van der Waals surface area (Å²) in [4.78, 5) is 13.9. The first-order valence-corrected chi connectivity index (χ1v) is 10.2. The SMILES string of the molecule is CCn1c2ccccc2c2cc(N(CC(N)=O)[C@H](C)c3ccc(Cl)cc3)ccc21. The number of primary amides is 1. The lowest BCUT2D eigenvalue weighted by Crippen LogP contribution is -2.35. The molecule has 1 atom stereocenters. The molecule has 0 saturated carbocycles. The molecule has 4 nitrogen and oxygen atoms in total. The molecule has 5 heteroatoms. The molecule has 4 rings (SSSR count). The number of nitrogens with zero attached hydrogens (tertiary/aromatic N) is 2. The van der Waals surface area contributed by atoms with E-state index in [-0.39, 0.29) is 18.5 Å². The van der Waals surface area contributed by atoms with Crippen LogP contribution in [0.3, 0.4) is 0 Å². The number of carbonyl (C=O) groups excluding carboxylic acids is 1. The molecule has 0 aliphatic rings. The normalized spacial score (nSPS) is 12.4. The van der Waals surface area contributed by atoms with Crippen molar-refractivity contribution in [3.63, 3.8) is 0 Å². The highest BCUT2D eigenvalue weighted by atomic mass is 35.5. The standard InChI is InChI=1S/C24H24ClN3O/c1-3-27-22-7-5-4-6-20(22)21-14-19(12-13-23(21)27)28(15-24(26)29)16(2)17-8-10-18(25)11-9-17/h4-14,16H,3,15H2,1-2H3,(H2,26,29)/t16-/m1/s1. The molecule has 29 heavy (non-hydrogen) atoms. The Balaban J connectivity index is 1.85. The number of anilines is 1. The van der Waals surface area contributed by atoms with E-state index in [1.807, 2.05) is 29.2 Å². The van der Waals surface area contributed by atoms with E-state index in [9.17, 15) is 4.79 Å². The Morgan fingerprint density at radius 1 is 1.03 bits per heavy atom. The summed E-state index contributed by atoms with van der Waals surface area (Å²) >= 11 is 6.04. The lowest BCUT2D eigenvalue weighted by atomic mass is 10.0. The second-order valence-electron chi connectivity index (χ2n) is 7.28. The third-order valence-corrected chi connectivity index (χ3v) is 5.80. The van der Waals surface area contributed by atoms with E-state index < -0.39 is 0 Å². The second-order valence-corrected chi connectivity index (χ2v) is 7.72. The zero-order valence-electron chi connectivity index (χ0n) is 16.6. The van der Waals surface area contributed by atoms with Crippen molar-refractivity contribution in [3.8, 4) is 0 Å². The number of fused-ring (bicyclic) bond motifs is 3. The molecule has 0 radical (unpaired) electrons. The summed E-state index contributed by atoms with van der Waals surface area (Å²) in [5.74, 6) is -0.359. The molecule has 0 fully saturated rings. The number of rotatable bonds is 6. The first-order valence-electron chi connectivity index (χ1n) is 9.81. The van der Waals surface area contributed by atoms with Crippen LogP contribution in [0.4, 0.5) is 5.69 Å². The minimum absolute atomic E-state index is 0.0308. The van der Waals surface area contributed by atoms with E-state index in [0.717, 1.165) is 17.8 Å². The number of halogens is 1. The average molecular weight is 406 g/mol. The van der Waals surface area contributed by atoms with Crippen LogP contribution in [0.5, 0.6) is 0 Å². The van der Waals surface area contributed by atoms with Crippen LogP contribution in [0.2, 0.25) is 5.02 Å². The van der Waals surface area contributed by atoms with Crippen LogP contribution in [0, 0.1) is 0 Å². The Morgan fingerprint density at radius 2 is 1.72 bits per heavy atom. The van der Waals surface area contributed by atoms with Crippen LogP contribution in [0.15, 0.2) is 66.7 Å². The summed E-state index contributed by atoms with van der Waals surface area (Å²) < 4.78 is 2.31. The maximum atomic E-state index is 11.9. The van der Waals surface area contributed by atoms with E-state index in [1.54, 1.807) is 0 Å². The van der Waals surface area contributed by atoms with Gasteiger partial charge in [-0.15, -0.1) is 0 Å². The van der Waals surface area contributed by atoms with Crippen molar-refractivity contribution in [2.75, 3.05) is 11.4 Å². The molecule has 0 bridgehead atoms. The number of hydrogen-bond acceptors (Lipinski definition) is 2. The monoisotopic (exact) mass is 405 g/mol. The van der Waals surface area contributed by atoms with Gasteiger partial charge in [0.15, 0.2) is 0 Å². The van der Waals surface area contributed by atoms with Crippen molar-refractivity contribution < 1.29 is 4.79 Å². The van der Waals surface area contributed by atoms with Gasteiger partial charge in [0.05, 0.1) is 12.6 Å². The molecule has 1 amide bonds. The summed E-state index contributed by atoms with van der Waals surface area (Å²) in [5.41, 5.74) is 10.0. The Kier molecular flexibility index (Phi) is 5.20. The second kappa shape index (κ2) is 7.80. The Morgan fingerprint density at radius 3 is 2.41 bits per heavy atom. The van der Waals surface area contributed by atoms with Gasteiger partial charge in [0.2, 0.25) is 5.91 Å².